The minimum atomic E-state index is -0.631. The summed E-state index contributed by atoms with van der Waals surface area (Å²) in [5.41, 5.74) is 6.20. The van der Waals surface area contributed by atoms with Gasteiger partial charge in [-0.2, -0.15) is 0 Å². The summed E-state index contributed by atoms with van der Waals surface area (Å²) in [5.74, 6) is 0.375. The Morgan fingerprint density at radius 2 is 1.83 bits per heavy atom. The van der Waals surface area contributed by atoms with E-state index in [1.807, 2.05) is 0 Å². The molecule has 1 amide bonds. The molecule has 5 rings (SSSR count). The summed E-state index contributed by atoms with van der Waals surface area (Å²) in [5, 5.41) is 14.2. The highest BCUT2D eigenvalue weighted by Gasteiger charge is 2.71. The molecule has 1 saturated heterocycles. The Morgan fingerprint density at radius 1 is 1.12 bits per heavy atom. The summed E-state index contributed by atoms with van der Waals surface area (Å²) in [6, 6.07) is -0.113. The molecular formula is C34H56N2O5. The zero-order chi connectivity index (χ0) is 30.2. The number of carbonyl (C=O) groups excluding carboxylic acids is 1. The minimum Gasteiger partial charge on any atom is -0.481 e. The van der Waals surface area contributed by atoms with Crippen molar-refractivity contribution in [1.82, 2.24) is 5.32 Å². The van der Waals surface area contributed by atoms with Gasteiger partial charge in [0.15, 0.2) is 0 Å². The van der Waals surface area contributed by atoms with Crippen LogP contribution in [-0.4, -0.2) is 55.5 Å². The number of ether oxygens (including phenoxy) is 2. The quantitative estimate of drug-likeness (QED) is 0.351. The maximum atomic E-state index is 13.3. The number of rotatable bonds is 7. The van der Waals surface area contributed by atoms with E-state index >= 15 is 0 Å². The molecule has 0 aromatic rings. The van der Waals surface area contributed by atoms with Gasteiger partial charge >= 0.3 is 5.97 Å². The second-order valence-electron chi connectivity index (χ2n) is 15.9. The summed E-state index contributed by atoms with van der Waals surface area (Å²) in [6.07, 6.45) is 7.99. The summed E-state index contributed by atoms with van der Waals surface area (Å²) >= 11 is 0. The van der Waals surface area contributed by atoms with Crippen LogP contribution in [0.5, 0.6) is 0 Å². The van der Waals surface area contributed by atoms with E-state index in [1.54, 1.807) is 6.92 Å². The first-order valence-electron chi connectivity index (χ1n) is 16.2. The van der Waals surface area contributed by atoms with E-state index in [-0.39, 0.29) is 45.1 Å². The van der Waals surface area contributed by atoms with Gasteiger partial charge in [-0.25, -0.2) is 0 Å². The molecule has 4 aliphatic carbocycles. The number of nitrogens with one attached hydrogen (secondary N) is 1. The third-order valence-corrected chi connectivity index (χ3v) is 13.9. The van der Waals surface area contributed by atoms with E-state index in [9.17, 15) is 14.7 Å². The molecule has 7 nitrogen and oxygen atoms in total. The van der Waals surface area contributed by atoms with E-state index in [0.29, 0.717) is 50.0 Å². The molecule has 0 radical (unpaired) electrons. The lowest BCUT2D eigenvalue weighted by Crippen LogP contribution is -2.71. The Kier molecular flexibility index (Phi) is 7.81. The zero-order valence-electron chi connectivity index (χ0n) is 26.8. The van der Waals surface area contributed by atoms with Crippen molar-refractivity contribution in [3.05, 3.63) is 11.6 Å². The van der Waals surface area contributed by atoms with Crippen LogP contribution in [0.3, 0.4) is 0 Å². The number of carboxylic acid groups (broad SMARTS) is 1. The van der Waals surface area contributed by atoms with Crippen LogP contribution in [0.1, 0.15) is 93.9 Å². The van der Waals surface area contributed by atoms with Crippen LogP contribution in [-0.2, 0) is 19.1 Å². The molecule has 5 aliphatic rings. The van der Waals surface area contributed by atoms with Crippen molar-refractivity contribution in [2.45, 2.75) is 106 Å². The normalized spacial score (nSPS) is 47.9. The Bertz CT molecular complexity index is 1090. The Morgan fingerprint density at radius 3 is 2.44 bits per heavy atom. The van der Waals surface area contributed by atoms with Gasteiger partial charge in [0.2, 0.25) is 5.91 Å². The fraction of sp³-hybridized carbons (Fsp3) is 0.882. The zero-order valence-corrected chi connectivity index (χ0v) is 26.8. The maximum absolute atomic E-state index is 13.3. The predicted octanol–water partition coefficient (Wildman–Crippen LogP) is 5.42. The van der Waals surface area contributed by atoms with Crippen molar-refractivity contribution in [2.75, 3.05) is 26.4 Å². The molecule has 4 fully saturated rings. The lowest BCUT2D eigenvalue weighted by molar-refractivity contribution is -0.243. The molecule has 0 spiro atoms. The Labute approximate surface area is 247 Å². The largest absolute Gasteiger partial charge is 0.481 e. The third kappa shape index (κ3) is 4.22. The Hall–Kier alpha value is -1.44. The van der Waals surface area contributed by atoms with Crippen molar-refractivity contribution in [1.29, 1.82) is 0 Å². The third-order valence-electron chi connectivity index (χ3n) is 13.9. The number of aliphatic carboxylic acids is 1. The fourth-order valence-corrected chi connectivity index (χ4v) is 11.5. The highest BCUT2D eigenvalue weighted by atomic mass is 16.5. The van der Waals surface area contributed by atoms with Gasteiger partial charge in [-0.15, -0.1) is 0 Å². The SMILES string of the molecule is CC(=O)N[C@@H]1C[C@@]23COC[C@](C)([C@@H]2CC[C@H]2C3=CC[C@@]3(C)[C@H](C(=O)O)[C@@](C)([C@H](C)C(C)C)CC[C@]23C)[C@H]1OCCN. The lowest BCUT2D eigenvalue weighted by Gasteiger charge is -2.71. The number of carboxylic acids is 1. The molecule has 2 bridgehead atoms. The summed E-state index contributed by atoms with van der Waals surface area (Å²) in [6.45, 7) is 19.8. The average molecular weight is 573 g/mol. The van der Waals surface area contributed by atoms with Gasteiger partial charge in [0.25, 0.3) is 0 Å². The van der Waals surface area contributed by atoms with Gasteiger partial charge in [0.05, 0.1) is 37.9 Å². The number of carbonyl (C=O) groups is 2. The molecular weight excluding hydrogens is 516 g/mol. The van der Waals surface area contributed by atoms with Gasteiger partial charge in [-0.3, -0.25) is 9.59 Å². The van der Waals surface area contributed by atoms with Crippen LogP contribution in [0.15, 0.2) is 11.6 Å². The van der Waals surface area contributed by atoms with Crippen LogP contribution >= 0.6 is 0 Å². The minimum absolute atomic E-state index is 0.0338. The van der Waals surface area contributed by atoms with Crippen molar-refractivity contribution < 1.29 is 24.2 Å². The van der Waals surface area contributed by atoms with Crippen molar-refractivity contribution in [2.24, 2.45) is 62.4 Å². The van der Waals surface area contributed by atoms with E-state index in [2.05, 4.69) is 59.9 Å². The van der Waals surface area contributed by atoms with Crippen LogP contribution in [0.4, 0.5) is 0 Å². The van der Waals surface area contributed by atoms with Crippen LogP contribution in [0.25, 0.3) is 0 Å². The molecule has 1 aliphatic heterocycles. The van der Waals surface area contributed by atoms with E-state index in [4.69, 9.17) is 15.2 Å². The summed E-state index contributed by atoms with van der Waals surface area (Å²) < 4.78 is 12.9. The van der Waals surface area contributed by atoms with Crippen molar-refractivity contribution >= 4 is 11.9 Å². The fourth-order valence-electron chi connectivity index (χ4n) is 11.5. The van der Waals surface area contributed by atoms with Crippen LogP contribution in [0, 0.1) is 56.7 Å². The number of amides is 1. The second kappa shape index (κ2) is 10.3. The van der Waals surface area contributed by atoms with E-state index in [0.717, 1.165) is 38.5 Å². The highest BCUT2D eigenvalue weighted by Crippen LogP contribution is 2.74. The molecule has 3 saturated carbocycles. The first kappa shape index (κ1) is 31.0. The monoisotopic (exact) mass is 572 g/mol. The Balaban J connectivity index is 1.60. The average Bonchev–Trinajstić information content (AvgIpc) is 2.88. The summed E-state index contributed by atoms with van der Waals surface area (Å²) in [4.78, 5) is 25.7. The van der Waals surface area contributed by atoms with Crippen LogP contribution in [0.2, 0.25) is 0 Å². The highest BCUT2D eigenvalue weighted by molar-refractivity contribution is 5.74. The maximum Gasteiger partial charge on any atom is 0.307 e. The molecule has 0 aromatic heterocycles. The molecule has 4 N–H and O–H groups in total. The standard InChI is InChI=1S/C34H56N2O5/c1-20(2)21(3)30(5)13-14-32(7)23-9-10-26-31(6)18-40-19-34(26,17-25(36-22(4)37)28(31)41-16-15-35)24(23)11-12-33(32,8)27(30)29(38)39/h11,20-21,23,25-28H,9-10,12-19,35H2,1-8H3,(H,36,37)(H,38,39)/t21-,23+,25-,26+,27-,28+,30-,31-,32-,33+,34+/m1/s1. The number of hydrogen-bond donors (Lipinski definition) is 3. The predicted molar refractivity (Wildman–Crippen MR) is 160 cm³/mol. The lowest BCUT2D eigenvalue weighted by atomic mass is 9.34. The first-order chi connectivity index (χ1) is 19.1. The van der Waals surface area contributed by atoms with Gasteiger partial charge < -0.3 is 25.6 Å². The van der Waals surface area contributed by atoms with Gasteiger partial charge in [0, 0.05) is 24.3 Å². The van der Waals surface area contributed by atoms with Crippen molar-refractivity contribution in [3.8, 4) is 0 Å². The molecule has 11 atom stereocenters. The molecule has 7 heteroatoms. The molecule has 232 valence electrons. The molecule has 41 heavy (non-hydrogen) atoms. The topological polar surface area (TPSA) is 111 Å². The van der Waals surface area contributed by atoms with E-state index in [1.165, 1.54) is 5.57 Å². The van der Waals surface area contributed by atoms with Crippen molar-refractivity contribution in [3.63, 3.8) is 0 Å². The number of nitrogens with two attached hydrogens (primary N) is 1. The smallest absolute Gasteiger partial charge is 0.307 e. The second-order valence-corrected chi connectivity index (χ2v) is 15.9. The molecule has 0 aromatic carbocycles. The van der Waals surface area contributed by atoms with Gasteiger partial charge in [-0.05, 0) is 78.4 Å². The van der Waals surface area contributed by atoms with Gasteiger partial charge in [0.1, 0.15) is 0 Å². The molecule has 0 unspecified atom stereocenters. The van der Waals surface area contributed by atoms with E-state index < -0.39 is 11.9 Å². The summed E-state index contributed by atoms with van der Waals surface area (Å²) in [7, 11) is 0. The number of fused-ring (bicyclic) bond motifs is 3. The first-order valence-corrected chi connectivity index (χ1v) is 16.2. The number of hydrogen-bond acceptors (Lipinski definition) is 5. The molecule has 1 heterocycles. The van der Waals surface area contributed by atoms with Gasteiger partial charge in [-0.1, -0.05) is 60.1 Å². The van der Waals surface area contributed by atoms with Crippen LogP contribution < -0.4 is 11.1 Å². The number of allylic oxidation sites excluding steroid dienone is 1.